The molecule has 0 aliphatic rings. The fourth-order valence-electron chi connectivity index (χ4n) is 2.71. The van der Waals surface area contributed by atoms with Gasteiger partial charge < -0.3 is 15.0 Å². The first-order valence-corrected chi connectivity index (χ1v) is 9.84. The first-order chi connectivity index (χ1) is 12.8. The fraction of sp³-hybridized carbons (Fsp3) is 0.318. The molecule has 4 nitrogen and oxygen atoms in total. The molecular weight excluding hydrogens is 354 g/mol. The van der Waals surface area contributed by atoms with Gasteiger partial charge in [-0.3, -0.25) is 0 Å². The second kappa shape index (κ2) is 7.61. The van der Waals surface area contributed by atoms with Crippen LogP contribution < -0.4 is 15.0 Å². The highest BCUT2D eigenvalue weighted by atomic mass is 32.1. The van der Waals surface area contributed by atoms with Crippen molar-refractivity contribution in [3.05, 3.63) is 54.1 Å². The lowest BCUT2D eigenvalue weighted by atomic mass is 9.86. The number of nitrogens with zero attached hydrogens (tertiary/aromatic N) is 2. The van der Waals surface area contributed by atoms with Crippen LogP contribution in [0.1, 0.15) is 26.3 Å². The van der Waals surface area contributed by atoms with Crippen LogP contribution in [0.2, 0.25) is 0 Å². The topological polar surface area (TPSA) is 37.4 Å². The van der Waals surface area contributed by atoms with E-state index in [2.05, 4.69) is 55.3 Å². The largest absolute Gasteiger partial charge is 0.444 e. The number of anilines is 2. The minimum atomic E-state index is 0.129. The smallest absolute Gasteiger partial charge is 0.210 e. The second-order valence-electron chi connectivity index (χ2n) is 7.72. The fourth-order valence-corrected chi connectivity index (χ4v) is 3.52. The first kappa shape index (κ1) is 19.2. The van der Waals surface area contributed by atoms with Gasteiger partial charge in [-0.05, 0) is 35.2 Å². The number of thiazole rings is 1. The quantitative estimate of drug-likeness (QED) is 0.587. The molecule has 1 aromatic heterocycles. The Kier molecular flexibility index (Phi) is 5.42. The minimum Gasteiger partial charge on any atom is -0.444 e. The lowest BCUT2D eigenvalue weighted by molar-refractivity contribution is 0.497. The lowest BCUT2D eigenvalue weighted by Gasteiger charge is -2.19. The van der Waals surface area contributed by atoms with Gasteiger partial charge in [0, 0.05) is 32.4 Å². The molecule has 0 bridgehead atoms. The molecule has 1 heterocycles. The van der Waals surface area contributed by atoms with Crippen molar-refractivity contribution in [1.82, 2.24) is 4.98 Å². The molecule has 0 radical (unpaired) electrons. The molecule has 0 fully saturated rings. The zero-order valence-electron chi connectivity index (χ0n) is 16.8. The number of nitrogens with one attached hydrogen (secondary N) is 1. The van der Waals surface area contributed by atoms with E-state index < -0.39 is 0 Å². The molecule has 0 saturated heterocycles. The zero-order chi connectivity index (χ0) is 19.6. The summed E-state index contributed by atoms with van der Waals surface area (Å²) in [6, 6.07) is 16.7. The predicted octanol–water partition coefficient (Wildman–Crippen LogP) is 6.01. The summed E-state index contributed by atoms with van der Waals surface area (Å²) in [4.78, 5) is 6.77. The Labute approximate surface area is 165 Å². The summed E-state index contributed by atoms with van der Waals surface area (Å²) in [5, 5.41) is 4.75. The van der Waals surface area contributed by atoms with Crippen molar-refractivity contribution < 1.29 is 4.74 Å². The van der Waals surface area contributed by atoms with Crippen LogP contribution in [0.3, 0.4) is 0 Å². The van der Waals surface area contributed by atoms with Crippen molar-refractivity contribution in [2.24, 2.45) is 0 Å². The molecule has 0 aliphatic carbocycles. The third-order valence-electron chi connectivity index (χ3n) is 4.40. The summed E-state index contributed by atoms with van der Waals surface area (Å²) in [6.45, 7) is 6.65. The molecule has 142 valence electrons. The van der Waals surface area contributed by atoms with Crippen molar-refractivity contribution in [3.63, 3.8) is 0 Å². The summed E-state index contributed by atoms with van der Waals surface area (Å²) in [5.74, 6) is 0.805. The maximum absolute atomic E-state index is 6.18. The Bertz CT molecular complexity index is 891. The van der Waals surface area contributed by atoms with Gasteiger partial charge in [-0.1, -0.05) is 56.4 Å². The third kappa shape index (κ3) is 4.42. The molecule has 1 N–H and O–H groups in total. The summed E-state index contributed by atoms with van der Waals surface area (Å²) in [6.07, 6.45) is 0. The molecule has 0 saturated carbocycles. The standard InChI is InChI=1S/C22H27N3OS/c1-22(2,3)16-9-7-15(8-10-16)19-20(27-21(23-4)24-19)26-18-13-11-17(12-14-18)25(5)6/h7-14H,1-6H3,(H,23,24). The van der Waals surface area contributed by atoms with E-state index in [1.54, 1.807) is 0 Å². The van der Waals surface area contributed by atoms with Crippen LogP contribution in [0.15, 0.2) is 48.5 Å². The van der Waals surface area contributed by atoms with E-state index in [0.717, 1.165) is 32.9 Å². The van der Waals surface area contributed by atoms with Crippen LogP contribution in [0, 0.1) is 0 Å². The molecule has 0 unspecified atom stereocenters. The van der Waals surface area contributed by atoms with E-state index in [1.807, 2.05) is 45.4 Å². The van der Waals surface area contributed by atoms with Crippen LogP contribution in [0.5, 0.6) is 10.8 Å². The predicted molar refractivity (Wildman–Crippen MR) is 117 cm³/mol. The van der Waals surface area contributed by atoms with Crippen molar-refractivity contribution in [1.29, 1.82) is 0 Å². The first-order valence-electron chi connectivity index (χ1n) is 9.02. The lowest BCUT2D eigenvalue weighted by Crippen LogP contribution is -2.10. The van der Waals surface area contributed by atoms with E-state index in [4.69, 9.17) is 9.72 Å². The normalized spacial score (nSPS) is 11.3. The highest BCUT2D eigenvalue weighted by Gasteiger charge is 2.17. The Morgan fingerprint density at radius 1 is 0.963 bits per heavy atom. The van der Waals surface area contributed by atoms with Gasteiger partial charge in [0.15, 0.2) is 5.13 Å². The van der Waals surface area contributed by atoms with Crippen LogP contribution in [-0.2, 0) is 5.41 Å². The van der Waals surface area contributed by atoms with Crippen molar-refractivity contribution in [2.75, 3.05) is 31.4 Å². The average molecular weight is 382 g/mol. The van der Waals surface area contributed by atoms with Gasteiger partial charge in [-0.15, -0.1) is 0 Å². The average Bonchev–Trinajstić information content (AvgIpc) is 3.04. The highest BCUT2D eigenvalue weighted by molar-refractivity contribution is 7.17. The van der Waals surface area contributed by atoms with E-state index in [1.165, 1.54) is 16.9 Å². The van der Waals surface area contributed by atoms with Gasteiger partial charge in [-0.25, -0.2) is 4.98 Å². The van der Waals surface area contributed by atoms with Crippen molar-refractivity contribution >= 4 is 22.2 Å². The molecule has 0 atom stereocenters. The molecule has 3 aromatic rings. The Morgan fingerprint density at radius 2 is 1.59 bits per heavy atom. The number of ether oxygens (including phenoxy) is 1. The maximum Gasteiger partial charge on any atom is 0.210 e. The third-order valence-corrected chi connectivity index (χ3v) is 5.35. The van der Waals surface area contributed by atoms with Gasteiger partial charge >= 0.3 is 0 Å². The summed E-state index contributed by atoms with van der Waals surface area (Å²) in [5.41, 5.74) is 4.49. The number of hydrogen-bond donors (Lipinski definition) is 1. The molecule has 3 rings (SSSR count). The molecule has 2 aromatic carbocycles. The van der Waals surface area contributed by atoms with Crippen LogP contribution >= 0.6 is 11.3 Å². The second-order valence-corrected chi connectivity index (χ2v) is 8.68. The SMILES string of the molecule is CNc1nc(-c2ccc(C(C)(C)C)cc2)c(Oc2ccc(N(C)C)cc2)s1. The van der Waals surface area contributed by atoms with Gasteiger partial charge in [0.05, 0.1) is 0 Å². The van der Waals surface area contributed by atoms with Gasteiger partial charge in [0.2, 0.25) is 5.06 Å². The van der Waals surface area contributed by atoms with Gasteiger partial charge in [0.25, 0.3) is 0 Å². The van der Waals surface area contributed by atoms with E-state index >= 15 is 0 Å². The number of rotatable bonds is 5. The Balaban J connectivity index is 1.91. The van der Waals surface area contributed by atoms with Crippen LogP contribution in [0.4, 0.5) is 10.8 Å². The van der Waals surface area contributed by atoms with Crippen LogP contribution in [0.25, 0.3) is 11.3 Å². The van der Waals surface area contributed by atoms with E-state index in [0.29, 0.717) is 0 Å². The highest BCUT2D eigenvalue weighted by Crippen LogP contribution is 2.41. The van der Waals surface area contributed by atoms with Gasteiger partial charge in [0.1, 0.15) is 11.4 Å². The summed E-state index contributed by atoms with van der Waals surface area (Å²) < 4.78 is 6.18. The Hall–Kier alpha value is -2.53. The number of hydrogen-bond acceptors (Lipinski definition) is 5. The monoisotopic (exact) mass is 381 g/mol. The molecule has 0 aliphatic heterocycles. The number of benzene rings is 2. The number of aromatic nitrogens is 1. The van der Waals surface area contributed by atoms with Crippen molar-refractivity contribution in [2.45, 2.75) is 26.2 Å². The maximum atomic E-state index is 6.18. The molecule has 0 amide bonds. The van der Waals surface area contributed by atoms with E-state index in [-0.39, 0.29) is 5.41 Å². The minimum absolute atomic E-state index is 0.129. The summed E-state index contributed by atoms with van der Waals surface area (Å²) >= 11 is 1.51. The zero-order valence-corrected chi connectivity index (χ0v) is 17.6. The van der Waals surface area contributed by atoms with Crippen LogP contribution in [-0.4, -0.2) is 26.1 Å². The Morgan fingerprint density at radius 3 is 2.11 bits per heavy atom. The van der Waals surface area contributed by atoms with Crippen molar-refractivity contribution in [3.8, 4) is 22.1 Å². The molecule has 0 spiro atoms. The summed E-state index contributed by atoms with van der Waals surface area (Å²) in [7, 11) is 5.93. The molecule has 5 heteroatoms. The van der Waals surface area contributed by atoms with Gasteiger partial charge in [-0.2, -0.15) is 0 Å². The molecular formula is C22H27N3OS. The molecule has 27 heavy (non-hydrogen) atoms. The van der Waals surface area contributed by atoms with E-state index in [9.17, 15) is 0 Å².